The van der Waals surface area contributed by atoms with Crippen LogP contribution in [-0.4, -0.2) is 9.97 Å². The molecule has 0 saturated heterocycles. The number of fused-ring (bicyclic) bond motifs is 3. The molecule has 1 radical (unpaired) electrons. The number of rotatable bonds is 0. The minimum atomic E-state index is 1.00. The number of aromatic nitrogens is 2. The summed E-state index contributed by atoms with van der Waals surface area (Å²) in [5.74, 6) is 0. The SMILES string of the molecule is [c]1cncc2ccc3ncccc3c12. The van der Waals surface area contributed by atoms with Gasteiger partial charge in [-0.25, -0.2) is 0 Å². The zero-order valence-electron chi connectivity index (χ0n) is 7.44. The molecule has 65 valence electrons. The highest BCUT2D eigenvalue weighted by Crippen LogP contribution is 2.21. The van der Waals surface area contributed by atoms with Gasteiger partial charge >= 0.3 is 0 Å². The number of nitrogens with zero attached hydrogens (tertiary/aromatic N) is 2. The Balaban J connectivity index is 2.61. The normalized spacial score (nSPS) is 10.9. The van der Waals surface area contributed by atoms with Crippen LogP contribution in [0.1, 0.15) is 0 Å². The van der Waals surface area contributed by atoms with Gasteiger partial charge in [0.05, 0.1) is 5.52 Å². The second kappa shape index (κ2) is 2.77. The van der Waals surface area contributed by atoms with Gasteiger partial charge in [-0.15, -0.1) is 0 Å². The number of pyridine rings is 2. The molecule has 0 bridgehead atoms. The lowest BCUT2D eigenvalue weighted by Crippen LogP contribution is -1.81. The third-order valence-corrected chi connectivity index (χ3v) is 2.31. The smallest absolute Gasteiger partial charge is 0.0708 e. The second-order valence-corrected chi connectivity index (χ2v) is 3.15. The highest BCUT2D eigenvalue weighted by Gasteiger charge is 1.99. The molecule has 0 amide bonds. The van der Waals surface area contributed by atoms with E-state index in [1.165, 1.54) is 0 Å². The van der Waals surface area contributed by atoms with Crippen LogP contribution in [0.15, 0.2) is 42.9 Å². The van der Waals surface area contributed by atoms with E-state index in [1.54, 1.807) is 12.4 Å². The average Bonchev–Trinajstić information content (AvgIpc) is 2.29. The molecule has 0 aliphatic rings. The van der Waals surface area contributed by atoms with Crippen LogP contribution in [0.25, 0.3) is 21.7 Å². The van der Waals surface area contributed by atoms with E-state index >= 15 is 0 Å². The average molecular weight is 179 g/mol. The van der Waals surface area contributed by atoms with Gasteiger partial charge in [-0.1, -0.05) is 12.1 Å². The zero-order valence-corrected chi connectivity index (χ0v) is 7.44. The third-order valence-electron chi connectivity index (χ3n) is 2.31. The quantitative estimate of drug-likeness (QED) is 0.496. The van der Waals surface area contributed by atoms with Crippen LogP contribution in [0, 0.1) is 6.07 Å². The first-order valence-electron chi connectivity index (χ1n) is 4.44. The van der Waals surface area contributed by atoms with Gasteiger partial charge in [-0.3, -0.25) is 9.97 Å². The Hall–Kier alpha value is -1.96. The molecule has 14 heavy (non-hydrogen) atoms. The summed E-state index contributed by atoms with van der Waals surface area (Å²) < 4.78 is 0. The van der Waals surface area contributed by atoms with Crippen LogP contribution in [0.3, 0.4) is 0 Å². The molecule has 0 aliphatic heterocycles. The van der Waals surface area contributed by atoms with Gasteiger partial charge in [0.25, 0.3) is 0 Å². The summed E-state index contributed by atoms with van der Waals surface area (Å²) in [6, 6.07) is 11.2. The van der Waals surface area contributed by atoms with Crippen LogP contribution in [-0.2, 0) is 0 Å². The first-order valence-corrected chi connectivity index (χ1v) is 4.44. The van der Waals surface area contributed by atoms with E-state index in [1.807, 2.05) is 24.4 Å². The summed E-state index contributed by atoms with van der Waals surface area (Å²) in [6.07, 6.45) is 5.34. The molecule has 3 aromatic rings. The molecular formula is C12H7N2. The predicted molar refractivity (Wildman–Crippen MR) is 55.9 cm³/mol. The Morgan fingerprint density at radius 1 is 1.14 bits per heavy atom. The Morgan fingerprint density at radius 3 is 3.14 bits per heavy atom. The van der Waals surface area contributed by atoms with E-state index in [-0.39, 0.29) is 0 Å². The Morgan fingerprint density at radius 2 is 2.14 bits per heavy atom. The maximum atomic E-state index is 4.29. The van der Waals surface area contributed by atoms with E-state index in [0.29, 0.717) is 0 Å². The van der Waals surface area contributed by atoms with Gasteiger partial charge in [0.15, 0.2) is 0 Å². The number of hydrogen-bond donors (Lipinski definition) is 0. The molecule has 0 saturated carbocycles. The molecule has 0 spiro atoms. The molecule has 0 aliphatic carbocycles. The first kappa shape index (κ1) is 7.44. The minimum Gasteiger partial charge on any atom is -0.263 e. The molecule has 2 heterocycles. The van der Waals surface area contributed by atoms with Crippen LogP contribution in [0.2, 0.25) is 0 Å². The molecule has 0 fully saturated rings. The number of hydrogen-bond acceptors (Lipinski definition) is 2. The molecule has 0 atom stereocenters. The summed E-state index contributed by atoms with van der Waals surface area (Å²) in [6.45, 7) is 0. The fraction of sp³-hybridized carbons (Fsp3) is 0. The molecule has 1 aromatic carbocycles. The van der Waals surface area contributed by atoms with E-state index in [4.69, 9.17) is 0 Å². The molecule has 2 aromatic heterocycles. The van der Waals surface area contributed by atoms with Gasteiger partial charge in [-0.05, 0) is 12.1 Å². The van der Waals surface area contributed by atoms with Crippen LogP contribution >= 0.6 is 0 Å². The Kier molecular flexibility index (Phi) is 1.47. The molecule has 0 N–H and O–H groups in total. The second-order valence-electron chi connectivity index (χ2n) is 3.15. The molecule has 3 rings (SSSR count). The van der Waals surface area contributed by atoms with Crippen molar-refractivity contribution in [1.82, 2.24) is 9.97 Å². The van der Waals surface area contributed by atoms with Gasteiger partial charge in [0.1, 0.15) is 0 Å². The van der Waals surface area contributed by atoms with Gasteiger partial charge in [-0.2, -0.15) is 0 Å². The lowest BCUT2D eigenvalue weighted by atomic mass is 10.1. The third kappa shape index (κ3) is 0.973. The zero-order chi connectivity index (χ0) is 9.38. The fourth-order valence-electron chi connectivity index (χ4n) is 1.66. The van der Waals surface area contributed by atoms with Crippen molar-refractivity contribution in [2.45, 2.75) is 0 Å². The van der Waals surface area contributed by atoms with Crippen molar-refractivity contribution in [2.75, 3.05) is 0 Å². The van der Waals surface area contributed by atoms with E-state index in [2.05, 4.69) is 22.1 Å². The van der Waals surface area contributed by atoms with Crippen molar-refractivity contribution >= 4 is 21.7 Å². The number of benzene rings is 1. The lowest BCUT2D eigenvalue weighted by Gasteiger charge is -2.00. The Labute approximate surface area is 81.2 Å². The van der Waals surface area contributed by atoms with Crippen molar-refractivity contribution < 1.29 is 0 Å². The molecular weight excluding hydrogens is 172 g/mol. The highest BCUT2D eigenvalue weighted by molar-refractivity contribution is 6.05. The van der Waals surface area contributed by atoms with E-state index < -0.39 is 0 Å². The maximum absolute atomic E-state index is 4.29. The Bertz CT molecular complexity index is 547. The highest BCUT2D eigenvalue weighted by atomic mass is 14.6. The molecule has 2 nitrogen and oxygen atoms in total. The summed E-state index contributed by atoms with van der Waals surface area (Å²) in [5, 5.41) is 3.32. The largest absolute Gasteiger partial charge is 0.263 e. The summed E-state index contributed by atoms with van der Waals surface area (Å²) >= 11 is 0. The van der Waals surface area contributed by atoms with E-state index in [0.717, 1.165) is 21.7 Å². The first-order chi connectivity index (χ1) is 6.95. The topological polar surface area (TPSA) is 25.8 Å². The minimum absolute atomic E-state index is 1.00. The monoisotopic (exact) mass is 179 g/mol. The van der Waals surface area contributed by atoms with Crippen LogP contribution in [0.4, 0.5) is 0 Å². The summed E-state index contributed by atoms with van der Waals surface area (Å²) in [4.78, 5) is 8.33. The fourth-order valence-corrected chi connectivity index (χ4v) is 1.66. The van der Waals surface area contributed by atoms with Gasteiger partial charge in [0, 0.05) is 40.8 Å². The van der Waals surface area contributed by atoms with Crippen molar-refractivity contribution in [3.63, 3.8) is 0 Å². The lowest BCUT2D eigenvalue weighted by molar-refractivity contribution is 1.36. The van der Waals surface area contributed by atoms with Crippen molar-refractivity contribution in [2.24, 2.45) is 0 Å². The standard InChI is InChI=1S/C12H7N2/c1-2-11-10-5-7-13-8-9(10)3-4-12(11)14-6-1/h1-4,6-8H. The van der Waals surface area contributed by atoms with Crippen LogP contribution in [0.5, 0.6) is 0 Å². The van der Waals surface area contributed by atoms with Crippen molar-refractivity contribution in [1.29, 1.82) is 0 Å². The summed E-state index contributed by atoms with van der Waals surface area (Å²) in [5.41, 5.74) is 1.00. The van der Waals surface area contributed by atoms with Gasteiger partial charge < -0.3 is 0 Å². The summed E-state index contributed by atoms with van der Waals surface area (Å²) in [7, 11) is 0. The maximum Gasteiger partial charge on any atom is 0.0708 e. The van der Waals surface area contributed by atoms with E-state index in [9.17, 15) is 0 Å². The molecule has 2 heteroatoms. The van der Waals surface area contributed by atoms with Crippen molar-refractivity contribution in [3.8, 4) is 0 Å². The predicted octanol–water partition coefficient (Wildman–Crippen LogP) is 2.58. The van der Waals surface area contributed by atoms with Crippen molar-refractivity contribution in [3.05, 3.63) is 48.9 Å². The molecule has 0 unspecified atom stereocenters. The van der Waals surface area contributed by atoms with Gasteiger partial charge in [0.2, 0.25) is 0 Å². The van der Waals surface area contributed by atoms with Crippen LogP contribution < -0.4 is 0 Å².